The summed E-state index contributed by atoms with van der Waals surface area (Å²) in [6.07, 6.45) is -4.40. The number of alkyl halides is 3. The van der Waals surface area contributed by atoms with Gasteiger partial charge in [-0.1, -0.05) is 6.07 Å². The quantitative estimate of drug-likeness (QED) is 0.861. The van der Waals surface area contributed by atoms with Crippen LogP contribution in [0.25, 0.3) is 0 Å². The van der Waals surface area contributed by atoms with Crippen LogP contribution in [0.5, 0.6) is 0 Å². The molecule has 1 heterocycles. The van der Waals surface area contributed by atoms with E-state index in [1.54, 1.807) is 13.8 Å². The highest BCUT2D eigenvalue weighted by Crippen LogP contribution is 2.33. The zero-order valence-electron chi connectivity index (χ0n) is 11.4. The van der Waals surface area contributed by atoms with E-state index in [0.29, 0.717) is 25.3 Å². The first-order valence-corrected chi connectivity index (χ1v) is 6.42. The van der Waals surface area contributed by atoms with Crippen molar-refractivity contribution in [2.24, 2.45) is 5.41 Å². The maximum absolute atomic E-state index is 12.7. The third kappa shape index (κ3) is 2.95. The van der Waals surface area contributed by atoms with E-state index in [2.05, 4.69) is 5.32 Å². The smallest absolute Gasteiger partial charge is 0.314 e. The molecular weight excluding hydrogens is 269 g/mol. The number of hydrogen-bond acceptors (Lipinski definition) is 2. The molecule has 1 amide bonds. The molecule has 2 rings (SSSR count). The first kappa shape index (κ1) is 14.8. The van der Waals surface area contributed by atoms with Crippen molar-refractivity contribution in [2.45, 2.75) is 20.0 Å². The number of nitrogens with one attached hydrogen (secondary N) is 1. The molecule has 0 unspecified atom stereocenters. The molecule has 0 bridgehead atoms. The highest BCUT2D eigenvalue weighted by molar-refractivity contribution is 5.97. The van der Waals surface area contributed by atoms with Crippen molar-refractivity contribution < 1.29 is 18.0 Å². The number of anilines is 1. The lowest BCUT2D eigenvalue weighted by molar-refractivity contribution is -0.137. The van der Waals surface area contributed by atoms with Crippen molar-refractivity contribution in [3.8, 4) is 0 Å². The molecule has 1 aromatic carbocycles. The Kier molecular flexibility index (Phi) is 3.77. The molecule has 1 aliphatic rings. The highest BCUT2D eigenvalue weighted by Gasteiger charge is 2.36. The zero-order chi connectivity index (χ0) is 15.0. The van der Waals surface area contributed by atoms with Crippen molar-refractivity contribution in [1.29, 1.82) is 0 Å². The van der Waals surface area contributed by atoms with Gasteiger partial charge in [-0.25, -0.2) is 0 Å². The Morgan fingerprint density at radius 3 is 2.65 bits per heavy atom. The summed E-state index contributed by atoms with van der Waals surface area (Å²) in [7, 11) is 0. The highest BCUT2D eigenvalue weighted by atomic mass is 19.4. The summed E-state index contributed by atoms with van der Waals surface area (Å²) in [5.74, 6) is -0.165. The summed E-state index contributed by atoms with van der Waals surface area (Å²) in [5.41, 5.74) is -1.08. The average Bonchev–Trinajstić information content (AvgIpc) is 2.49. The number of amides is 1. The Labute approximate surface area is 115 Å². The number of hydrogen-bond donors (Lipinski definition) is 1. The van der Waals surface area contributed by atoms with Gasteiger partial charge in [0.1, 0.15) is 0 Å². The van der Waals surface area contributed by atoms with Gasteiger partial charge in [0.05, 0.1) is 11.0 Å². The molecule has 0 atom stereocenters. The lowest BCUT2D eigenvalue weighted by Gasteiger charge is -2.28. The van der Waals surface area contributed by atoms with Crippen molar-refractivity contribution >= 4 is 11.6 Å². The zero-order valence-corrected chi connectivity index (χ0v) is 11.4. The van der Waals surface area contributed by atoms with Crippen LogP contribution in [-0.2, 0) is 11.0 Å². The van der Waals surface area contributed by atoms with Gasteiger partial charge in [-0.3, -0.25) is 4.79 Å². The van der Waals surface area contributed by atoms with Gasteiger partial charge >= 0.3 is 6.18 Å². The Balaban J connectivity index is 2.37. The number of carbonyl (C=O) groups is 1. The monoisotopic (exact) mass is 286 g/mol. The molecule has 1 aliphatic heterocycles. The number of rotatable bonds is 1. The molecule has 110 valence electrons. The van der Waals surface area contributed by atoms with Crippen molar-refractivity contribution in [2.75, 3.05) is 24.5 Å². The Bertz CT molecular complexity index is 511. The summed E-state index contributed by atoms with van der Waals surface area (Å²) in [5, 5.41) is 3.13. The van der Waals surface area contributed by atoms with Gasteiger partial charge in [0.25, 0.3) is 0 Å². The van der Waals surface area contributed by atoms with Gasteiger partial charge in [0, 0.05) is 25.3 Å². The van der Waals surface area contributed by atoms with Crippen LogP contribution in [0.3, 0.4) is 0 Å². The molecule has 0 aliphatic carbocycles. The lowest BCUT2D eigenvalue weighted by atomic mass is 9.92. The van der Waals surface area contributed by atoms with Gasteiger partial charge in [-0.15, -0.1) is 0 Å². The fourth-order valence-corrected chi connectivity index (χ4v) is 2.23. The van der Waals surface area contributed by atoms with Crippen molar-refractivity contribution in [3.05, 3.63) is 29.8 Å². The number of carbonyl (C=O) groups excluding carboxylic acids is 1. The molecule has 1 fully saturated rings. The maximum Gasteiger partial charge on any atom is 0.416 e. The molecular formula is C14H17F3N2O. The summed E-state index contributed by atoms with van der Waals surface area (Å²) in [6.45, 7) is 5.01. The van der Waals surface area contributed by atoms with Crippen LogP contribution in [0.1, 0.15) is 19.4 Å². The molecule has 0 aromatic heterocycles. The summed E-state index contributed by atoms with van der Waals surface area (Å²) in [6, 6.07) is 4.90. The Morgan fingerprint density at radius 2 is 2.00 bits per heavy atom. The van der Waals surface area contributed by atoms with Crippen LogP contribution in [0.2, 0.25) is 0 Å². The summed E-state index contributed by atoms with van der Waals surface area (Å²) >= 11 is 0. The second-order valence-electron chi connectivity index (χ2n) is 5.57. The largest absolute Gasteiger partial charge is 0.416 e. The maximum atomic E-state index is 12.7. The van der Waals surface area contributed by atoms with E-state index in [-0.39, 0.29) is 5.91 Å². The van der Waals surface area contributed by atoms with Crippen LogP contribution < -0.4 is 10.2 Å². The molecule has 6 heteroatoms. The second kappa shape index (κ2) is 5.09. The number of benzene rings is 1. The normalized spacial score (nSPS) is 19.9. The molecule has 0 saturated carbocycles. The first-order chi connectivity index (χ1) is 9.22. The topological polar surface area (TPSA) is 32.3 Å². The summed E-state index contributed by atoms with van der Waals surface area (Å²) < 4.78 is 38.2. The van der Waals surface area contributed by atoms with E-state index in [1.165, 1.54) is 17.0 Å². The van der Waals surface area contributed by atoms with Gasteiger partial charge in [0.2, 0.25) is 5.91 Å². The standard InChI is InChI=1S/C14H17F3N2O/c1-13(2)9-18-6-7-19(12(13)20)11-5-3-4-10(8-11)14(15,16)17/h3-5,8,18H,6-7,9H2,1-2H3. The molecule has 0 spiro atoms. The molecule has 1 N–H and O–H groups in total. The summed E-state index contributed by atoms with van der Waals surface area (Å²) in [4.78, 5) is 13.9. The molecule has 0 radical (unpaired) electrons. The third-order valence-corrected chi connectivity index (χ3v) is 3.39. The average molecular weight is 286 g/mol. The molecule has 3 nitrogen and oxygen atoms in total. The number of nitrogens with zero attached hydrogens (tertiary/aromatic N) is 1. The van der Waals surface area contributed by atoms with Crippen LogP contribution in [0.4, 0.5) is 18.9 Å². The lowest BCUT2D eigenvalue weighted by Crippen LogP contribution is -2.41. The SMILES string of the molecule is CC1(C)CNCCN(c2cccc(C(F)(F)F)c2)C1=O. The Hall–Kier alpha value is -1.56. The molecule has 1 aromatic rings. The predicted molar refractivity (Wildman–Crippen MR) is 70.4 cm³/mol. The molecule has 20 heavy (non-hydrogen) atoms. The minimum atomic E-state index is -4.40. The van der Waals surface area contributed by atoms with Crippen LogP contribution >= 0.6 is 0 Å². The van der Waals surface area contributed by atoms with E-state index in [1.807, 2.05) is 0 Å². The van der Waals surface area contributed by atoms with E-state index in [9.17, 15) is 18.0 Å². The first-order valence-electron chi connectivity index (χ1n) is 6.42. The second-order valence-corrected chi connectivity index (χ2v) is 5.57. The fraction of sp³-hybridized carbons (Fsp3) is 0.500. The number of halogens is 3. The van der Waals surface area contributed by atoms with E-state index >= 15 is 0 Å². The fourth-order valence-electron chi connectivity index (χ4n) is 2.23. The minimum absolute atomic E-state index is 0.165. The molecule has 1 saturated heterocycles. The van der Waals surface area contributed by atoms with E-state index in [0.717, 1.165) is 12.1 Å². The minimum Gasteiger partial charge on any atom is -0.314 e. The van der Waals surface area contributed by atoms with E-state index in [4.69, 9.17) is 0 Å². The van der Waals surface area contributed by atoms with Gasteiger partial charge in [-0.05, 0) is 32.0 Å². The van der Waals surface area contributed by atoms with Crippen molar-refractivity contribution in [1.82, 2.24) is 5.32 Å². The third-order valence-electron chi connectivity index (χ3n) is 3.39. The van der Waals surface area contributed by atoms with Crippen LogP contribution in [0.15, 0.2) is 24.3 Å². The predicted octanol–water partition coefficient (Wildman–Crippen LogP) is 2.67. The van der Waals surface area contributed by atoms with Gasteiger partial charge in [-0.2, -0.15) is 13.2 Å². The Morgan fingerprint density at radius 1 is 1.30 bits per heavy atom. The van der Waals surface area contributed by atoms with Crippen molar-refractivity contribution in [3.63, 3.8) is 0 Å². The van der Waals surface area contributed by atoms with Gasteiger partial charge < -0.3 is 10.2 Å². The van der Waals surface area contributed by atoms with Gasteiger partial charge in [0.15, 0.2) is 0 Å². The van der Waals surface area contributed by atoms with Crippen LogP contribution in [0, 0.1) is 5.41 Å². The van der Waals surface area contributed by atoms with Crippen LogP contribution in [-0.4, -0.2) is 25.5 Å². The van der Waals surface area contributed by atoms with E-state index < -0.39 is 17.2 Å².